The van der Waals surface area contributed by atoms with Gasteiger partial charge in [0.1, 0.15) is 6.33 Å². The Labute approximate surface area is 81.0 Å². The van der Waals surface area contributed by atoms with E-state index in [1.165, 1.54) is 0 Å². The molecule has 1 aromatic carbocycles. The summed E-state index contributed by atoms with van der Waals surface area (Å²) in [6.45, 7) is 0. The molecule has 4 heteroatoms. The van der Waals surface area contributed by atoms with Crippen molar-refractivity contribution in [2.75, 3.05) is 0 Å². The standard InChI is InChI=1S/C9H8ClN3/c1-13-6-11-9(12-13)7-3-2-4-8(10)5-7/h2-6H,1H3. The lowest BCUT2D eigenvalue weighted by atomic mass is 10.2. The van der Waals surface area contributed by atoms with Gasteiger partial charge in [0.2, 0.25) is 0 Å². The van der Waals surface area contributed by atoms with Crippen molar-refractivity contribution in [1.29, 1.82) is 0 Å². The molecule has 0 aliphatic carbocycles. The van der Waals surface area contributed by atoms with Crippen LogP contribution in [0.2, 0.25) is 5.02 Å². The van der Waals surface area contributed by atoms with Crippen molar-refractivity contribution in [3.05, 3.63) is 35.6 Å². The van der Waals surface area contributed by atoms with Gasteiger partial charge in [-0.2, -0.15) is 5.10 Å². The first-order chi connectivity index (χ1) is 6.25. The van der Waals surface area contributed by atoms with E-state index in [2.05, 4.69) is 10.1 Å². The second-order valence-corrected chi connectivity index (χ2v) is 3.19. The molecule has 1 heterocycles. The van der Waals surface area contributed by atoms with Crippen molar-refractivity contribution in [3.8, 4) is 11.4 Å². The van der Waals surface area contributed by atoms with Gasteiger partial charge in [-0.25, -0.2) is 4.98 Å². The molecule has 0 fully saturated rings. The molecule has 0 saturated heterocycles. The smallest absolute Gasteiger partial charge is 0.181 e. The number of aromatic nitrogens is 3. The van der Waals surface area contributed by atoms with E-state index in [1.807, 2.05) is 31.3 Å². The van der Waals surface area contributed by atoms with Gasteiger partial charge < -0.3 is 0 Å². The molecule has 0 N–H and O–H groups in total. The summed E-state index contributed by atoms with van der Waals surface area (Å²) in [6.07, 6.45) is 1.66. The summed E-state index contributed by atoms with van der Waals surface area (Å²) < 4.78 is 1.66. The Kier molecular flexibility index (Phi) is 2.02. The maximum atomic E-state index is 5.84. The Balaban J connectivity index is 2.46. The second-order valence-electron chi connectivity index (χ2n) is 2.75. The molecule has 0 amide bonds. The van der Waals surface area contributed by atoms with Gasteiger partial charge in [-0.05, 0) is 12.1 Å². The fourth-order valence-electron chi connectivity index (χ4n) is 1.10. The minimum Gasteiger partial charge on any atom is -0.255 e. The van der Waals surface area contributed by atoms with Gasteiger partial charge in [0.15, 0.2) is 5.82 Å². The number of rotatable bonds is 1. The van der Waals surface area contributed by atoms with Gasteiger partial charge in [-0.3, -0.25) is 4.68 Å². The largest absolute Gasteiger partial charge is 0.255 e. The summed E-state index contributed by atoms with van der Waals surface area (Å²) in [6, 6.07) is 7.49. The summed E-state index contributed by atoms with van der Waals surface area (Å²) in [5.74, 6) is 0.699. The van der Waals surface area contributed by atoms with Crippen LogP contribution in [0.1, 0.15) is 0 Å². The zero-order valence-electron chi connectivity index (χ0n) is 7.11. The van der Waals surface area contributed by atoms with Gasteiger partial charge in [0.05, 0.1) is 0 Å². The van der Waals surface area contributed by atoms with Gasteiger partial charge in [0.25, 0.3) is 0 Å². The molecule has 66 valence electrons. The maximum absolute atomic E-state index is 5.84. The van der Waals surface area contributed by atoms with Crippen molar-refractivity contribution in [3.63, 3.8) is 0 Å². The Morgan fingerprint density at radius 1 is 1.38 bits per heavy atom. The molecule has 1 aromatic heterocycles. The van der Waals surface area contributed by atoms with Crippen molar-refractivity contribution in [1.82, 2.24) is 14.8 Å². The molecule has 2 rings (SSSR count). The zero-order chi connectivity index (χ0) is 9.26. The minimum atomic E-state index is 0.699. The van der Waals surface area contributed by atoms with E-state index in [1.54, 1.807) is 11.0 Å². The van der Waals surface area contributed by atoms with Gasteiger partial charge in [-0.1, -0.05) is 23.7 Å². The van der Waals surface area contributed by atoms with Crippen LogP contribution in [-0.2, 0) is 7.05 Å². The third-order valence-corrected chi connectivity index (χ3v) is 1.92. The highest BCUT2D eigenvalue weighted by atomic mass is 35.5. The molecule has 0 saturated carbocycles. The summed E-state index contributed by atoms with van der Waals surface area (Å²) in [5.41, 5.74) is 0.938. The van der Waals surface area contributed by atoms with E-state index in [0.717, 1.165) is 5.56 Å². The number of aryl methyl sites for hydroxylation is 1. The molecule has 0 spiro atoms. The molecule has 0 bridgehead atoms. The van der Waals surface area contributed by atoms with Crippen molar-refractivity contribution >= 4 is 11.6 Å². The van der Waals surface area contributed by atoms with Crippen LogP contribution in [0.4, 0.5) is 0 Å². The molecule has 0 aliphatic heterocycles. The number of benzene rings is 1. The first kappa shape index (κ1) is 8.26. The summed E-state index contributed by atoms with van der Waals surface area (Å²) in [7, 11) is 1.83. The Hall–Kier alpha value is -1.35. The third-order valence-electron chi connectivity index (χ3n) is 1.68. The van der Waals surface area contributed by atoms with Gasteiger partial charge in [0, 0.05) is 17.6 Å². The maximum Gasteiger partial charge on any atom is 0.181 e. The SMILES string of the molecule is Cn1cnc(-c2cccc(Cl)c2)n1. The summed E-state index contributed by atoms with van der Waals surface area (Å²) in [4.78, 5) is 4.12. The average Bonchev–Trinajstić information content (AvgIpc) is 2.52. The molecule has 0 unspecified atom stereocenters. The molecule has 0 aliphatic rings. The molecular weight excluding hydrogens is 186 g/mol. The monoisotopic (exact) mass is 193 g/mol. The number of hydrogen-bond donors (Lipinski definition) is 0. The second kappa shape index (κ2) is 3.18. The van der Waals surface area contributed by atoms with E-state index in [-0.39, 0.29) is 0 Å². The third kappa shape index (κ3) is 1.70. The van der Waals surface area contributed by atoms with Gasteiger partial charge >= 0.3 is 0 Å². The van der Waals surface area contributed by atoms with Crippen LogP contribution in [0.25, 0.3) is 11.4 Å². The highest BCUT2D eigenvalue weighted by Gasteiger charge is 2.01. The predicted octanol–water partition coefficient (Wildman–Crippen LogP) is 2.14. The highest BCUT2D eigenvalue weighted by molar-refractivity contribution is 6.30. The lowest BCUT2D eigenvalue weighted by Crippen LogP contribution is -1.87. The molecule has 3 nitrogen and oxygen atoms in total. The Morgan fingerprint density at radius 2 is 2.23 bits per heavy atom. The van der Waals surface area contributed by atoms with Crippen LogP contribution in [0.3, 0.4) is 0 Å². The normalized spacial score (nSPS) is 10.3. The Morgan fingerprint density at radius 3 is 2.85 bits per heavy atom. The molecule has 0 atom stereocenters. The molecule has 0 radical (unpaired) electrons. The van der Waals surface area contributed by atoms with Crippen LogP contribution in [0.5, 0.6) is 0 Å². The fraction of sp³-hybridized carbons (Fsp3) is 0.111. The first-order valence-electron chi connectivity index (χ1n) is 3.87. The summed E-state index contributed by atoms with van der Waals surface area (Å²) >= 11 is 5.84. The zero-order valence-corrected chi connectivity index (χ0v) is 7.86. The molecule has 2 aromatic rings. The predicted molar refractivity (Wildman–Crippen MR) is 51.4 cm³/mol. The quantitative estimate of drug-likeness (QED) is 0.695. The number of hydrogen-bond acceptors (Lipinski definition) is 2. The van der Waals surface area contributed by atoms with Crippen LogP contribution >= 0.6 is 11.6 Å². The average molecular weight is 194 g/mol. The van der Waals surface area contributed by atoms with E-state index < -0.39 is 0 Å². The van der Waals surface area contributed by atoms with Crippen LogP contribution < -0.4 is 0 Å². The van der Waals surface area contributed by atoms with Crippen molar-refractivity contribution in [2.45, 2.75) is 0 Å². The van der Waals surface area contributed by atoms with Crippen LogP contribution in [-0.4, -0.2) is 14.8 Å². The van der Waals surface area contributed by atoms with E-state index in [0.29, 0.717) is 10.8 Å². The van der Waals surface area contributed by atoms with E-state index in [4.69, 9.17) is 11.6 Å². The molecular formula is C9H8ClN3. The molecule has 13 heavy (non-hydrogen) atoms. The van der Waals surface area contributed by atoms with Crippen LogP contribution in [0.15, 0.2) is 30.6 Å². The lowest BCUT2D eigenvalue weighted by Gasteiger charge is -1.94. The van der Waals surface area contributed by atoms with Crippen molar-refractivity contribution in [2.24, 2.45) is 7.05 Å². The Bertz CT molecular complexity index is 422. The van der Waals surface area contributed by atoms with Crippen LogP contribution in [0, 0.1) is 0 Å². The van der Waals surface area contributed by atoms with Crippen molar-refractivity contribution < 1.29 is 0 Å². The van der Waals surface area contributed by atoms with E-state index in [9.17, 15) is 0 Å². The first-order valence-corrected chi connectivity index (χ1v) is 4.25. The van der Waals surface area contributed by atoms with Gasteiger partial charge in [-0.15, -0.1) is 0 Å². The minimum absolute atomic E-state index is 0.699. The van der Waals surface area contributed by atoms with E-state index >= 15 is 0 Å². The highest BCUT2D eigenvalue weighted by Crippen LogP contribution is 2.18. The summed E-state index contributed by atoms with van der Waals surface area (Å²) in [5, 5.41) is 4.87. The number of nitrogens with zero attached hydrogens (tertiary/aromatic N) is 3. The topological polar surface area (TPSA) is 30.7 Å². The fourth-order valence-corrected chi connectivity index (χ4v) is 1.29. The number of halogens is 1. The lowest BCUT2D eigenvalue weighted by molar-refractivity contribution is 0.768.